The van der Waals surface area contributed by atoms with Crippen molar-refractivity contribution in [2.45, 2.75) is 50.7 Å². The second-order valence-corrected chi connectivity index (χ2v) is 10.9. The number of aromatic nitrogens is 1. The summed E-state index contributed by atoms with van der Waals surface area (Å²) in [5.74, 6) is 0.403. The lowest BCUT2D eigenvalue weighted by molar-refractivity contribution is -0.132. The Morgan fingerprint density at radius 3 is 2.58 bits per heavy atom. The van der Waals surface area contributed by atoms with E-state index < -0.39 is 6.10 Å². The van der Waals surface area contributed by atoms with Crippen molar-refractivity contribution < 1.29 is 14.3 Å². The fraction of sp³-hybridized carbons (Fsp3) is 0.484. The van der Waals surface area contributed by atoms with E-state index in [1.165, 1.54) is 24.8 Å². The SMILES string of the molecule is CN(C)CCNC(=O)c1ccc2c(C3CCCCC3)c(-c3ccccc3)n(CC(=O)C3CNCCO3)c2c1. The van der Waals surface area contributed by atoms with Crippen molar-refractivity contribution in [3.63, 3.8) is 0 Å². The molecule has 1 amide bonds. The van der Waals surface area contributed by atoms with Crippen LogP contribution in [0.2, 0.25) is 0 Å². The van der Waals surface area contributed by atoms with Crippen molar-refractivity contribution in [1.82, 2.24) is 20.1 Å². The minimum absolute atomic E-state index is 0.0577. The Morgan fingerprint density at radius 1 is 1.08 bits per heavy atom. The van der Waals surface area contributed by atoms with Crippen LogP contribution in [0.15, 0.2) is 48.5 Å². The van der Waals surface area contributed by atoms with Gasteiger partial charge in [-0.15, -0.1) is 0 Å². The van der Waals surface area contributed by atoms with Crippen LogP contribution in [0.3, 0.4) is 0 Å². The van der Waals surface area contributed by atoms with Gasteiger partial charge in [-0.3, -0.25) is 9.59 Å². The Balaban J connectivity index is 1.62. The predicted molar refractivity (Wildman–Crippen MR) is 152 cm³/mol. The zero-order valence-electron chi connectivity index (χ0n) is 22.7. The largest absolute Gasteiger partial charge is 0.368 e. The average molecular weight is 517 g/mol. The number of hydrogen-bond donors (Lipinski definition) is 2. The number of rotatable bonds is 9. The Kier molecular flexibility index (Phi) is 8.57. The van der Waals surface area contributed by atoms with Crippen molar-refractivity contribution in [2.75, 3.05) is 46.9 Å². The molecule has 5 rings (SSSR count). The molecule has 202 valence electrons. The lowest BCUT2D eigenvalue weighted by Crippen LogP contribution is -2.44. The average Bonchev–Trinajstić information content (AvgIpc) is 3.27. The highest BCUT2D eigenvalue weighted by Crippen LogP contribution is 2.44. The summed E-state index contributed by atoms with van der Waals surface area (Å²) >= 11 is 0. The number of ether oxygens (including phenoxy) is 1. The number of fused-ring (bicyclic) bond motifs is 1. The zero-order valence-corrected chi connectivity index (χ0v) is 22.7. The third-order valence-corrected chi connectivity index (χ3v) is 7.87. The topological polar surface area (TPSA) is 75.6 Å². The molecule has 3 aromatic rings. The van der Waals surface area contributed by atoms with Crippen LogP contribution in [-0.2, 0) is 16.1 Å². The molecule has 0 radical (unpaired) electrons. The van der Waals surface area contributed by atoms with Crippen LogP contribution >= 0.6 is 0 Å². The molecule has 1 aliphatic carbocycles. The molecular formula is C31H40N4O3. The second-order valence-electron chi connectivity index (χ2n) is 10.9. The lowest BCUT2D eigenvalue weighted by Gasteiger charge is -2.25. The van der Waals surface area contributed by atoms with Gasteiger partial charge in [0.15, 0.2) is 5.78 Å². The van der Waals surface area contributed by atoms with Gasteiger partial charge in [0.1, 0.15) is 6.10 Å². The van der Waals surface area contributed by atoms with E-state index in [4.69, 9.17) is 4.74 Å². The highest BCUT2D eigenvalue weighted by molar-refractivity contribution is 6.01. The molecule has 2 fully saturated rings. The van der Waals surface area contributed by atoms with Crippen LogP contribution in [0.5, 0.6) is 0 Å². The van der Waals surface area contributed by atoms with Gasteiger partial charge in [0.25, 0.3) is 5.91 Å². The molecule has 1 saturated heterocycles. The molecule has 2 heterocycles. The molecule has 1 saturated carbocycles. The van der Waals surface area contributed by atoms with E-state index in [1.54, 1.807) is 0 Å². The first-order chi connectivity index (χ1) is 18.5. The maximum absolute atomic E-state index is 13.5. The van der Waals surface area contributed by atoms with Crippen LogP contribution in [0.25, 0.3) is 22.2 Å². The molecule has 0 spiro atoms. The monoisotopic (exact) mass is 516 g/mol. The molecular weight excluding hydrogens is 476 g/mol. The molecule has 1 atom stereocenters. The maximum Gasteiger partial charge on any atom is 0.251 e. The molecule has 2 aromatic carbocycles. The van der Waals surface area contributed by atoms with Crippen LogP contribution in [0.1, 0.15) is 53.9 Å². The smallest absolute Gasteiger partial charge is 0.251 e. The molecule has 7 heteroatoms. The van der Waals surface area contributed by atoms with E-state index >= 15 is 0 Å². The Bertz CT molecular complexity index is 1260. The van der Waals surface area contributed by atoms with Crippen molar-refractivity contribution in [1.29, 1.82) is 0 Å². The van der Waals surface area contributed by atoms with Crippen LogP contribution in [-0.4, -0.2) is 74.1 Å². The number of Topliss-reactive ketones (excluding diaryl/α,β-unsaturated/α-hetero) is 1. The standard InChI is InChI=1S/C31H40N4O3/c1-34(2)17-15-33-31(37)24-13-14-25-26(19-24)35(21-27(36)28-20-32-16-18-38-28)30(23-11-7-4-8-12-23)29(25)22-9-5-3-6-10-22/h4,7-8,11-14,19,22,28,32H,3,5-6,9-10,15-18,20-21H2,1-2H3,(H,33,37). The first-order valence-corrected chi connectivity index (χ1v) is 14.0. The molecule has 1 unspecified atom stereocenters. The third-order valence-electron chi connectivity index (χ3n) is 7.87. The van der Waals surface area contributed by atoms with Gasteiger partial charge in [-0.1, -0.05) is 55.7 Å². The summed E-state index contributed by atoms with van der Waals surface area (Å²) in [6, 6.07) is 16.4. The first kappa shape index (κ1) is 26.6. The van der Waals surface area contributed by atoms with E-state index in [0.29, 0.717) is 31.2 Å². The summed E-state index contributed by atoms with van der Waals surface area (Å²) in [4.78, 5) is 28.7. The summed E-state index contributed by atoms with van der Waals surface area (Å²) in [6.07, 6.45) is 5.56. The van der Waals surface area contributed by atoms with Gasteiger partial charge < -0.3 is 24.8 Å². The van der Waals surface area contributed by atoms with Gasteiger partial charge >= 0.3 is 0 Å². The summed E-state index contributed by atoms with van der Waals surface area (Å²) in [6.45, 7) is 3.41. The quantitative estimate of drug-likeness (QED) is 0.446. The number of morpholine rings is 1. The minimum Gasteiger partial charge on any atom is -0.368 e. The normalized spacial score (nSPS) is 18.7. The maximum atomic E-state index is 13.5. The van der Waals surface area contributed by atoms with Crippen molar-refractivity contribution in [3.05, 3.63) is 59.7 Å². The highest BCUT2D eigenvalue weighted by Gasteiger charge is 2.29. The van der Waals surface area contributed by atoms with Crippen LogP contribution in [0.4, 0.5) is 0 Å². The summed E-state index contributed by atoms with van der Waals surface area (Å²) < 4.78 is 7.98. The Labute approximate surface area is 225 Å². The number of benzene rings is 2. The van der Waals surface area contributed by atoms with Crippen LogP contribution in [0, 0.1) is 0 Å². The fourth-order valence-electron chi connectivity index (χ4n) is 5.92. The molecule has 0 bridgehead atoms. The van der Waals surface area contributed by atoms with Gasteiger partial charge in [0.05, 0.1) is 18.8 Å². The lowest BCUT2D eigenvalue weighted by atomic mass is 9.82. The number of carbonyl (C=O) groups is 2. The zero-order chi connectivity index (χ0) is 26.5. The number of hydrogen-bond acceptors (Lipinski definition) is 5. The number of amides is 1. The fourth-order valence-corrected chi connectivity index (χ4v) is 5.92. The van der Waals surface area contributed by atoms with E-state index in [1.807, 2.05) is 37.2 Å². The van der Waals surface area contributed by atoms with Gasteiger partial charge in [0, 0.05) is 42.6 Å². The Morgan fingerprint density at radius 2 is 1.87 bits per heavy atom. The number of carbonyl (C=O) groups excluding carboxylic acids is 2. The number of nitrogens with one attached hydrogen (secondary N) is 2. The van der Waals surface area contributed by atoms with E-state index in [9.17, 15) is 9.59 Å². The van der Waals surface area contributed by atoms with E-state index in [2.05, 4.69) is 45.5 Å². The third kappa shape index (κ3) is 5.85. The summed E-state index contributed by atoms with van der Waals surface area (Å²) in [5, 5.41) is 7.47. The Hall–Kier alpha value is -3.00. The summed E-state index contributed by atoms with van der Waals surface area (Å²) in [5.41, 5.74) is 5.10. The minimum atomic E-state index is -0.458. The predicted octanol–water partition coefficient (Wildman–Crippen LogP) is 4.20. The van der Waals surface area contributed by atoms with E-state index in [0.717, 1.165) is 48.1 Å². The second kappa shape index (κ2) is 12.2. The number of ketones is 1. The molecule has 38 heavy (non-hydrogen) atoms. The molecule has 2 N–H and O–H groups in total. The first-order valence-electron chi connectivity index (χ1n) is 14.0. The number of likely N-dealkylation sites (N-methyl/N-ethyl adjacent to an activating group) is 1. The molecule has 7 nitrogen and oxygen atoms in total. The van der Waals surface area contributed by atoms with E-state index in [-0.39, 0.29) is 18.2 Å². The van der Waals surface area contributed by atoms with Gasteiger partial charge in [-0.25, -0.2) is 0 Å². The van der Waals surface area contributed by atoms with Crippen molar-refractivity contribution >= 4 is 22.6 Å². The van der Waals surface area contributed by atoms with Crippen molar-refractivity contribution in [3.8, 4) is 11.3 Å². The van der Waals surface area contributed by atoms with Gasteiger partial charge in [0.2, 0.25) is 0 Å². The van der Waals surface area contributed by atoms with Gasteiger partial charge in [-0.05, 0) is 56.1 Å². The highest BCUT2D eigenvalue weighted by atomic mass is 16.5. The molecule has 1 aliphatic heterocycles. The van der Waals surface area contributed by atoms with Crippen molar-refractivity contribution in [2.24, 2.45) is 0 Å². The molecule has 2 aliphatic rings. The van der Waals surface area contributed by atoms with Gasteiger partial charge in [-0.2, -0.15) is 0 Å². The summed E-state index contributed by atoms with van der Waals surface area (Å²) in [7, 11) is 3.98. The number of nitrogens with zero attached hydrogens (tertiary/aromatic N) is 2. The molecule has 1 aromatic heterocycles. The van der Waals surface area contributed by atoms with Crippen LogP contribution < -0.4 is 10.6 Å².